The summed E-state index contributed by atoms with van der Waals surface area (Å²) < 4.78 is 0. The standard InChI is InChI=1S/C15H26N2S/c1-4-18-15-7-5-14(6-8-15)10-12-17(3)11-9-13(2)16/h5-8,13H,4,9-12,16H2,1-3H3. The molecule has 2 nitrogen and oxygen atoms in total. The summed E-state index contributed by atoms with van der Waals surface area (Å²) in [4.78, 5) is 3.73. The van der Waals surface area contributed by atoms with Gasteiger partial charge >= 0.3 is 0 Å². The van der Waals surface area contributed by atoms with Crippen LogP contribution in [0.4, 0.5) is 0 Å². The maximum atomic E-state index is 5.76. The van der Waals surface area contributed by atoms with E-state index >= 15 is 0 Å². The number of hydrogen-bond donors (Lipinski definition) is 1. The predicted molar refractivity (Wildman–Crippen MR) is 82.3 cm³/mol. The number of likely N-dealkylation sites (N-methyl/N-ethyl adjacent to an activating group) is 1. The van der Waals surface area contributed by atoms with Crippen molar-refractivity contribution < 1.29 is 0 Å². The lowest BCUT2D eigenvalue weighted by atomic mass is 10.1. The van der Waals surface area contributed by atoms with Crippen LogP contribution in [0, 0.1) is 0 Å². The molecule has 0 fully saturated rings. The zero-order valence-corrected chi connectivity index (χ0v) is 12.7. The summed E-state index contributed by atoms with van der Waals surface area (Å²) in [5, 5.41) is 0. The Morgan fingerprint density at radius 2 is 1.89 bits per heavy atom. The highest BCUT2D eigenvalue weighted by atomic mass is 32.2. The van der Waals surface area contributed by atoms with Gasteiger partial charge in [-0.3, -0.25) is 0 Å². The van der Waals surface area contributed by atoms with E-state index in [1.54, 1.807) is 0 Å². The Kier molecular flexibility index (Phi) is 7.40. The van der Waals surface area contributed by atoms with E-state index in [0.717, 1.165) is 31.7 Å². The van der Waals surface area contributed by atoms with Gasteiger partial charge in [0.05, 0.1) is 0 Å². The summed E-state index contributed by atoms with van der Waals surface area (Å²) in [6.07, 6.45) is 2.19. The van der Waals surface area contributed by atoms with Crippen molar-refractivity contribution in [1.82, 2.24) is 4.90 Å². The van der Waals surface area contributed by atoms with Crippen molar-refractivity contribution in [2.75, 3.05) is 25.9 Å². The van der Waals surface area contributed by atoms with E-state index in [4.69, 9.17) is 5.73 Å². The molecule has 1 aromatic carbocycles. The molecule has 0 heterocycles. The van der Waals surface area contributed by atoms with Crippen molar-refractivity contribution >= 4 is 11.8 Å². The van der Waals surface area contributed by atoms with Crippen LogP contribution >= 0.6 is 11.8 Å². The SMILES string of the molecule is CCSc1ccc(CCN(C)CCC(C)N)cc1. The van der Waals surface area contributed by atoms with E-state index in [9.17, 15) is 0 Å². The Morgan fingerprint density at radius 3 is 2.44 bits per heavy atom. The van der Waals surface area contributed by atoms with Crippen LogP contribution in [0.2, 0.25) is 0 Å². The summed E-state index contributed by atoms with van der Waals surface area (Å²) in [7, 11) is 2.17. The molecule has 3 heteroatoms. The number of nitrogens with zero attached hydrogens (tertiary/aromatic N) is 1. The van der Waals surface area contributed by atoms with E-state index in [1.165, 1.54) is 10.5 Å². The fourth-order valence-electron chi connectivity index (χ4n) is 1.77. The first-order valence-corrected chi connectivity index (χ1v) is 7.76. The summed E-state index contributed by atoms with van der Waals surface area (Å²) in [5.74, 6) is 1.14. The number of thioether (sulfide) groups is 1. The second-order valence-electron chi connectivity index (χ2n) is 4.90. The minimum Gasteiger partial charge on any atom is -0.328 e. The summed E-state index contributed by atoms with van der Waals surface area (Å²) >= 11 is 1.90. The monoisotopic (exact) mass is 266 g/mol. The van der Waals surface area contributed by atoms with Crippen molar-refractivity contribution in [3.05, 3.63) is 29.8 Å². The first kappa shape index (κ1) is 15.5. The molecule has 0 saturated heterocycles. The fraction of sp³-hybridized carbons (Fsp3) is 0.600. The van der Waals surface area contributed by atoms with Gasteiger partial charge in [0.1, 0.15) is 0 Å². The van der Waals surface area contributed by atoms with E-state index in [0.29, 0.717) is 6.04 Å². The number of benzene rings is 1. The second kappa shape index (κ2) is 8.57. The largest absolute Gasteiger partial charge is 0.328 e. The average molecular weight is 266 g/mol. The Labute approximate surface area is 116 Å². The molecule has 1 atom stereocenters. The predicted octanol–water partition coefficient (Wildman–Crippen LogP) is 3.01. The van der Waals surface area contributed by atoms with Gasteiger partial charge in [-0.1, -0.05) is 19.1 Å². The van der Waals surface area contributed by atoms with Crippen molar-refractivity contribution in [2.24, 2.45) is 5.73 Å². The third kappa shape index (κ3) is 6.43. The Balaban J connectivity index is 2.29. The van der Waals surface area contributed by atoms with Gasteiger partial charge in [0.25, 0.3) is 0 Å². The van der Waals surface area contributed by atoms with E-state index < -0.39 is 0 Å². The third-order valence-electron chi connectivity index (χ3n) is 2.98. The lowest BCUT2D eigenvalue weighted by Crippen LogP contribution is -2.27. The molecule has 2 N–H and O–H groups in total. The van der Waals surface area contributed by atoms with Crippen LogP contribution in [0.25, 0.3) is 0 Å². The summed E-state index contributed by atoms with van der Waals surface area (Å²) in [5.41, 5.74) is 7.18. The molecule has 1 unspecified atom stereocenters. The van der Waals surface area contributed by atoms with Gasteiger partial charge in [0, 0.05) is 17.5 Å². The van der Waals surface area contributed by atoms with Crippen LogP contribution < -0.4 is 5.73 Å². The van der Waals surface area contributed by atoms with Crippen molar-refractivity contribution in [3.8, 4) is 0 Å². The molecule has 0 aliphatic carbocycles. The van der Waals surface area contributed by atoms with Crippen LogP contribution in [0.15, 0.2) is 29.2 Å². The Bertz CT molecular complexity index is 322. The van der Waals surface area contributed by atoms with Crippen molar-refractivity contribution in [1.29, 1.82) is 0 Å². The normalized spacial score (nSPS) is 12.9. The first-order chi connectivity index (χ1) is 8.61. The van der Waals surface area contributed by atoms with Crippen molar-refractivity contribution in [3.63, 3.8) is 0 Å². The molecule has 0 radical (unpaired) electrons. The van der Waals surface area contributed by atoms with Gasteiger partial charge in [-0.05, 0) is 56.8 Å². The summed E-state index contributed by atoms with van der Waals surface area (Å²) in [6, 6.07) is 9.25. The van der Waals surface area contributed by atoms with Crippen LogP contribution in [0.1, 0.15) is 25.8 Å². The maximum Gasteiger partial charge on any atom is 0.00720 e. The maximum absolute atomic E-state index is 5.76. The molecule has 1 rings (SSSR count). The highest BCUT2D eigenvalue weighted by Gasteiger charge is 2.01. The molecule has 1 aromatic rings. The third-order valence-corrected chi connectivity index (χ3v) is 3.88. The average Bonchev–Trinajstić information content (AvgIpc) is 2.36. The smallest absolute Gasteiger partial charge is 0.00720 e. The Morgan fingerprint density at radius 1 is 1.22 bits per heavy atom. The van der Waals surface area contributed by atoms with E-state index in [1.807, 2.05) is 11.8 Å². The van der Waals surface area contributed by atoms with Gasteiger partial charge in [-0.2, -0.15) is 0 Å². The van der Waals surface area contributed by atoms with E-state index in [2.05, 4.69) is 50.1 Å². The number of rotatable bonds is 8. The second-order valence-corrected chi connectivity index (χ2v) is 6.23. The van der Waals surface area contributed by atoms with Crippen LogP contribution in [-0.4, -0.2) is 36.8 Å². The van der Waals surface area contributed by atoms with Gasteiger partial charge in [-0.25, -0.2) is 0 Å². The summed E-state index contributed by atoms with van der Waals surface area (Å²) in [6.45, 7) is 6.44. The number of nitrogens with two attached hydrogens (primary N) is 1. The van der Waals surface area contributed by atoms with Crippen LogP contribution in [0.5, 0.6) is 0 Å². The minimum atomic E-state index is 0.304. The molecular formula is C15H26N2S. The van der Waals surface area contributed by atoms with Gasteiger partial charge in [0.15, 0.2) is 0 Å². The van der Waals surface area contributed by atoms with E-state index in [-0.39, 0.29) is 0 Å². The molecule has 0 spiro atoms. The minimum absolute atomic E-state index is 0.304. The lowest BCUT2D eigenvalue weighted by Gasteiger charge is -2.17. The van der Waals surface area contributed by atoms with Gasteiger partial charge < -0.3 is 10.6 Å². The molecule has 0 bridgehead atoms. The molecule has 0 amide bonds. The topological polar surface area (TPSA) is 29.3 Å². The molecule has 0 saturated carbocycles. The zero-order chi connectivity index (χ0) is 13.4. The van der Waals surface area contributed by atoms with Crippen LogP contribution in [0.3, 0.4) is 0 Å². The molecule has 18 heavy (non-hydrogen) atoms. The zero-order valence-electron chi connectivity index (χ0n) is 11.9. The molecule has 0 aliphatic rings. The fourth-order valence-corrected chi connectivity index (χ4v) is 2.44. The van der Waals surface area contributed by atoms with Gasteiger partial charge in [0.2, 0.25) is 0 Å². The van der Waals surface area contributed by atoms with Crippen molar-refractivity contribution in [2.45, 2.75) is 37.6 Å². The molecular weight excluding hydrogens is 240 g/mol. The van der Waals surface area contributed by atoms with Crippen LogP contribution in [-0.2, 0) is 6.42 Å². The quantitative estimate of drug-likeness (QED) is 0.733. The number of hydrogen-bond acceptors (Lipinski definition) is 3. The lowest BCUT2D eigenvalue weighted by molar-refractivity contribution is 0.324. The Hall–Kier alpha value is -0.510. The highest BCUT2D eigenvalue weighted by molar-refractivity contribution is 7.99. The molecule has 0 aromatic heterocycles. The highest BCUT2D eigenvalue weighted by Crippen LogP contribution is 2.17. The van der Waals surface area contributed by atoms with Gasteiger partial charge in [-0.15, -0.1) is 11.8 Å². The molecule has 0 aliphatic heterocycles. The molecule has 102 valence electrons. The first-order valence-electron chi connectivity index (χ1n) is 6.77.